The van der Waals surface area contributed by atoms with Gasteiger partial charge in [-0.1, -0.05) is 18.2 Å². The van der Waals surface area contributed by atoms with Crippen LogP contribution in [0.3, 0.4) is 0 Å². The van der Waals surface area contributed by atoms with Crippen molar-refractivity contribution in [3.05, 3.63) is 65.7 Å². The number of ether oxygens (including phenoxy) is 3. The molecular formula is C22H24O5. The second-order valence-corrected chi connectivity index (χ2v) is 6.33. The molecule has 0 spiro atoms. The molecule has 0 saturated heterocycles. The number of rotatable bonds is 8. The molecule has 0 saturated carbocycles. The van der Waals surface area contributed by atoms with Crippen LogP contribution in [0.5, 0.6) is 11.5 Å². The highest BCUT2D eigenvalue weighted by atomic mass is 16.6. The first kappa shape index (κ1) is 20.2. The van der Waals surface area contributed by atoms with Crippen LogP contribution in [-0.2, 0) is 9.53 Å². The van der Waals surface area contributed by atoms with E-state index in [1.807, 2.05) is 24.3 Å². The summed E-state index contributed by atoms with van der Waals surface area (Å²) in [5.41, 5.74) is 0.330. The van der Waals surface area contributed by atoms with E-state index in [0.29, 0.717) is 17.9 Å². The van der Waals surface area contributed by atoms with Gasteiger partial charge in [0.1, 0.15) is 11.5 Å². The topological polar surface area (TPSA) is 61.8 Å². The summed E-state index contributed by atoms with van der Waals surface area (Å²) in [7, 11) is 1.61. The lowest BCUT2D eigenvalue weighted by Gasteiger charge is -2.24. The molecule has 27 heavy (non-hydrogen) atoms. The Labute approximate surface area is 159 Å². The van der Waals surface area contributed by atoms with E-state index in [4.69, 9.17) is 14.2 Å². The van der Waals surface area contributed by atoms with Gasteiger partial charge in [-0.25, -0.2) is 4.79 Å². The van der Waals surface area contributed by atoms with Crippen molar-refractivity contribution < 1.29 is 23.8 Å². The summed E-state index contributed by atoms with van der Waals surface area (Å²) in [6.45, 7) is 5.32. The van der Waals surface area contributed by atoms with Crippen molar-refractivity contribution in [1.82, 2.24) is 0 Å². The van der Waals surface area contributed by atoms with Crippen LogP contribution in [0.25, 0.3) is 6.08 Å². The number of carbonyl (C=O) groups excluding carboxylic acids is 2. The van der Waals surface area contributed by atoms with Crippen LogP contribution in [-0.4, -0.2) is 31.1 Å². The number of ketones is 1. The Kier molecular flexibility index (Phi) is 6.77. The Morgan fingerprint density at radius 1 is 0.963 bits per heavy atom. The average Bonchev–Trinajstić information content (AvgIpc) is 2.67. The zero-order chi connectivity index (χ0) is 19.9. The van der Waals surface area contributed by atoms with Crippen molar-refractivity contribution in [1.29, 1.82) is 0 Å². The van der Waals surface area contributed by atoms with Crippen LogP contribution >= 0.6 is 0 Å². The highest BCUT2D eigenvalue weighted by Gasteiger charge is 2.31. The predicted octanol–water partition coefficient (Wildman–Crippen LogP) is 4.31. The van der Waals surface area contributed by atoms with E-state index in [0.717, 1.165) is 11.3 Å². The molecule has 0 radical (unpaired) electrons. The lowest BCUT2D eigenvalue weighted by Crippen LogP contribution is -2.39. The molecule has 0 fully saturated rings. The van der Waals surface area contributed by atoms with Crippen LogP contribution in [0, 0.1) is 0 Å². The molecule has 0 aliphatic rings. The van der Waals surface area contributed by atoms with Gasteiger partial charge in [-0.3, -0.25) is 4.79 Å². The average molecular weight is 368 g/mol. The number of hydrogen-bond donors (Lipinski definition) is 0. The lowest BCUT2D eigenvalue weighted by molar-refractivity contribution is -0.158. The summed E-state index contributed by atoms with van der Waals surface area (Å²) in [6, 6.07) is 14.1. The third-order valence-electron chi connectivity index (χ3n) is 3.82. The highest BCUT2D eigenvalue weighted by molar-refractivity contribution is 6.06. The number of hydrogen-bond acceptors (Lipinski definition) is 5. The van der Waals surface area contributed by atoms with Gasteiger partial charge >= 0.3 is 5.97 Å². The Morgan fingerprint density at radius 3 is 2.11 bits per heavy atom. The third kappa shape index (κ3) is 5.71. The van der Waals surface area contributed by atoms with Gasteiger partial charge in [0.2, 0.25) is 0 Å². The number of methoxy groups -OCH3 is 1. The van der Waals surface area contributed by atoms with Gasteiger partial charge in [0.25, 0.3) is 0 Å². The molecule has 0 bridgehead atoms. The normalized spacial score (nSPS) is 11.3. The fourth-order valence-electron chi connectivity index (χ4n) is 2.31. The number of allylic oxidation sites excluding steroid dienone is 1. The minimum Gasteiger partial charge on any atom is -0.497 e. The first-order valence-electron chi connectivity index (χ1n) is 8.68. The summed E-state index contributed by atoms with van der Waals surface area (Å²) >= 11 is 0. The van der Waals surface area contributed by atoms with E-state index in [1.54, 1.807) is 58.2 Å². The standard InChI is InChI=1S/C22H24O5/c1-5-26-21(24)22(2,3)27-19-13-9-17(10-14-19)20(23)15-8-16-6-11-18(25-4)12-7-16/h6-15H,5H2,1-4H3/b15-8+. The predicted molar refractivity (Wildman–Crippen MR) is 104 cm³/mol. The first-order chi connectivity index (χ1) is 12.9. The van der Waals surface area contributed by atoms with Crippen LogP contribution in [0.4, 0.5) is 0 Å². The van der Waals surface area contributed by atoms with Crippen LogP contribution in [0.2, 0.25) is 0 Å². The van der Waals surface area contributed by atoms with Gasteiger partial charge in [-0.15, -0.1) is 0 Å². The van der Waals surface area contributed by atoms with Gasteiger partial charge in [-0.05, 0) is 68.8 Å². The summed E-state index contributed by atoms with van der Waals surface area (Å²) < 4.78 is 15.8. The molecule has 0 amide bonds. The molecule has 0 atom stereocenters. The molecule has 0 heterocycles. The monoisotopic (exact) mass is 368 g/mol. The zero-order valence-electron chi connectivity index (χ0n) is 16.0. The van der Waals surface area contributed by atoms with E-state index in [2.05, 4.69) is 0 Å². The maximum Gasteiger partial charge on any atom is 0.349 e. The Balaban J connectivity index is 2.02. The van der Waals surface area contributed by atoms with E-state index >= 15 is 0 Å². The molecule has 5 heteroatoms. The summed E-state index contributed by atoms with van der Waals surface area (Å²) in [6.07, 6.45) is 3.26. The molecule has 0 unspecified atom stereocenters. The van der Waals surface area contributed by atoms with Gasteiger partial charge < -0.3 is 14.2 Å². The van der Waals surface area contributed by atoms with E-state index in [-0.39, 0.29) is 5.78 Å². The maximum atomic E-state index is 12.3. The smallest absolute Gasteiger partial charge is 0.349 e. The van der Waals surface area contributed by atoms with Crippen LogP contribution < -0.4 is 9.47 Å². The van der Waals surface area contributed by atoms with Gasteiger partial charge in [0.05, 0.1) is 13.7 Å². The van der Waals surface area contributed by atoms with E-state index < -0.39 is 11.6 Å². The molecular weight excluding hydrogens is 344 g/mol. The van der Waals surface area contributed by atoms with Gasteiger partial charge in [0, 0.05) is 5.56 Å². The molecule has 2 aromatic rings. The largest absolute Gasteiger partial charge is 0.497 e. The Morgan fingerprint density at radius 2 is 1.56 bits per heavy atom. The molecule has 142 valence electrons. The fourth-order valence-corrected chi connectivity index (χ4v) is 2.31. The van der Waals surface area contributed by atoms with Gasteiger partial charge in [0.15, 0.2) is 11.4 Å². The maximum absolute atomic E-state index is 12.3. The fraction of sp³-hybridized carbons (Fsp3) is 0.273. The molecule has 0 aliphatic carbocycles. The number of carbonyl (C=O) groups is 2. The molecule has 2 rings (SSSR count). The van der Waals surface area contributed by atoms with E-state index in [1.165, 1.54) is 6.08 Å². The van der Waals surface area contributed by atoms with Crippen molar-refractivity contribution in [3.8, 4) is 11.5 Å². The molecule has 0 aromatic heterocycles. The van der Waals surface area contributed by atoms with Crippen molar-refractivity contribution in [3.63, 3.8) is 0 Å². The summed E-state index contributed by atoms with van der Waals surface area (Å²) in [5.74, 6) is 0.693. The summed E-state index contributed by atoms with van der Waals surface area (Å²) in [4.78, 5) is 24.2. The SMILES string of the molecule is CCOC(=O)C(C)(C)Oc1ccc(C(=O)/C=C/c2ccc(OC)cc2)cc1. The number of benzene rings is 2. The second-order valence-electron chi connectivity index (χ2n) is 6.33. The van der Waals surface area contributed by atoms with Crippen LogP contribution in [0.1, 0.15) is 36.7 Å². The molecule has 2 aromatic carbocycles. The number of esters is 1. The van der Waals surface area contributed by atoms with Crippen molar-refractivity contribution in [2.75, 3.05) is 13.7 Å². The Bertz CT molecular complexity index is 802. The minimum absolute atomic E-state index is 0.123. The summed E-state index contributed by atoms with van der Waals surface area (Å²) in [5, 5.41) is 0. The van der Waals surface area contributed by atoms with Gasteiger partial charge in [-0.2, -0.15) is 0 Å². The zero-order valence-corrected chi connectivity index (χ0v) is 16.0. The van der Waals surface area contributed by atoms with E-state index in [9.17, 15) is 9.59 Å². The molecule has 0 N–H and O–H groups in total. The Hall–Kier alpha value is -3.08. The second kappa shape index (κ2) is 9.03. The molecule has 0 aliphatic heterocycles. The van der Waals surface area contributed by atoms with Crippen molar-refractivity contribution in [2.24, 2.45) is 0 Å². The lowest BCUT2D eigenvalue weighted by atomic mass is 10.1. The van der Waals surface area contributed by atoms with Crippen molar-refractivity contribution >= 4 is 17.8 Å². The third-order valence-corrected chi connectivity index (χ3v) is 3.82. The van der Waals surface area contributed by atoms with Crippen LogP contribution in [0.15, 0.2) is 54.6 Å². The quantitative estimate of drug-likeness (QED) is 0.395. The van der Waals surface area contributed by atoms with Crippen molar-refractivity contribution in [2.45, 2.75) is 26.4 Å². The first-order valence-corrected chi connectivity index (χ1v) is 8.68. The highest BCUT2D eigenvalue weighted by Crippen LogP contribution is 2.21. The minimum atomic E-state index is -1.10. The molecule has 5 nitrogen and oxygen atoms in total.